The Morgan fingerprint density at radius 2 is 2.00 bits per heavy atom. The highest BCUT2D eigenvalue weighted by Crippen LogP contribution is 2.02. The Morgan fingerprint density at radius 3 is 2.60 bits per heavy atom. The molecule has 0 aliphatic carbocycles. The summed E-state index contributed by atoms with van der Waals surface area (Å²) in [5.41, 5.74) is 0. The second kappa shape index (κ2) is 6.67. The van der Waals surface area contributed by atoms with Crippen LogP contribution in [0.25, 0.3) is 0 Å². The van der Waals surface area contributed by atoms with E-state index in [0.717, 1.165) is 39.1 Å². The van der Waals surface area contributed by atoms with Crippen LogP contribution in [0.15, 0.2) is 0 Å². The Labute approximate surface area is 92.6 Å². The number of carbonyl (C=O) groups is 1. The maximum Gasteiger partial charge on any atom is 0.319 e. The molecule has 0 saturated carbocycles. The Hall–Kier alpha value is -0.770. The third-order valence-electron chi connectivity index (χ3n) is 2.81. The van der Waals surface area contributed by atoms with Crippen molar-refractivity contribution < 1.29 is 4.79 Å². The second-order valence-electron chi connectivity index (χ2n) is 4.15. The van der Waals surface area contributed by atoms with Crippen LogP contribution in [0.1, 0.15) is 26.2 Å². The first-order valence-electron chi connectivity index (χ1n) is 5.96. The number of hydrogen-bond acceptors (Lipinski definition) is 2. The van der Waals surface area contributed by atoms with Crippen LogP contribution < -0.4 is 5.32 Å². The lowest BCUT2D eigenvalue weighted by molar-refractivity contribution is 0.155. The predicted molar refractivity (Wildman–Crippen MR) is 62.0 cm³/mol. The lowest BCUT2D eigenvalue weighted by atomic mass is 10.2. The molecule has 0 radical (unpaired) electrons. The molecule has 88 valence electrons. The molecule has 4 nitrogen and oxygen atoms in total. The fraction of sp³-hybridized carbons (Fsp3) is 0.909. The Bertz CT molecular complexity index is 190. The summed E-state index contributed by atoms with van der Waals surface area (Å²) in [7, 11) is 1.90. The Kier molecular flexibility index (Phi) is 5.47. The molecule has 1 saturated heterocycles. The minimum absolute atomic E-state index is 0.188. The molecule has 0 spiro atoms. The number of piperazine rings is 1. The molecule has 1 N–H and O–H groups in total. The van der Waals surface area contributed by atoms with E-state index in [2.05, 4.69) is 12.2 Å². The Morgan fingerprint density at radius 1 is 1.33 bits per heavy atom. The van der Waals surface area contributed by atoms with Gasteiger partial charge in [0, 0.05) is 39.8 Å². The van der Waals surface area contributed by atoms with E-state index in [1.807, 2.05) is 16.8 Å². The van der Waals surface area contributed by atoms with Crippen molar-refractivity contribution in [2.24, 2.45) is 0 Å². The van der Waals surface area contributed by atoms with Gasteiger partial charge in [-0.05, 0) is 6.42 Å². The first-order valence-corrected chi connectivity index (χ1v) is 5.96. The van der Waals surface area contributed by atoms with Crippen LogP contribution in [0.5, 0.6) is 0 Å². The van der Waals surface area contributed by atoms with E-state index in [1.54, 1.807) is 0 Å². The fourth-order valence-corrected chi connectivity index (χ4v) is 1.79. The zero-order chi connectivity index (χ0) is 11.1. The highest BCUT2D eigenvalue weighted by Gasteiger charge is 2.18. The molecule has 0 atom stereocenters. The lowest BCUT2D eigenvalue weighted by Crippen LogP contribution is -2.50. The van der Waals surface area contributed by atoms with Gasteiger partial charge in [-0.25, -0.2) is 4.79 Å². The maximum absolute atomic E-state index is 11.9. The highest BCUT2D eigenvalue weighted by molar-refractivity contribution is 5.74. The zero-order valence-corrected chi connectivity index (χ0v) is 9.96. The number of nitrogens with zero attached hydrogens (tertiary/aromatic N) is 2. The van der Waals surface area contributed by atoms with Crippen LogP contribution in [0, 0.1) is 0 Å². The quantitative estimate of drug-likeness (QED) is 0.711. The van der Waals surface area contributed by atoms with Gasteiger partial charge in [0.05, 0.1) is 0 Å². The number of amides is 2. The predicted octanol–water partition coefficient (Wildman–Crippen LogP) is 1.13. The molecular weight excluding hydrogens is 190 g/mol. The third kappa shape index (κ3) is 4.08. The molecule has 2 amide bonds. The topological polar surface area (TPSA) is 35.6 Å². The fourth-order valence-electron chi connectivity index (χ4n) is 1.79. The summed E-state index contributed by atoms with van der Waals surface area (Å²) < 4.78 is 0. The molecule has 1 rings (SSSR count). The van der Waals surface area contributed by atoms with E-state index < -0.39 is 0 Å². The first-order chi connectivity index (χ1) is 7.25. The van der Waals surface area contributed by atoms with E-state index in [9.17, 15) is 4.79 Å². The van der Waals surface area contributed by atoms with Gasteiger partial charge in [-0.1, -0.05) is 19.8 Å². The van der Waals surface area contributed by atoms with Gasteiger partial charge in [0.25, 0.3) is 0 Å². The number of carbonyl (C=O) groups excluding carboxylic acids is 1. The van der Waals surface area contributed by atoms with Crippen molar-refractivity contribution in [3.63, 3.8) is 0 Å². The molecule has 4 heteroatoms. The van der Waals surface area contributed by atoms with Crippen LogP contribution in [0.4, 0.5) is 4.79 Å². The van der Waals surface area contributed by atoms with Crippen molar-refractivity contribution in [3.05, 3.63) is 0 Å². The van der Waals surface area contributed by atoms with E-state index in [1.165, 1.54) is 12.8 Å². The van der Waals surface area contributed by atoms with E-state index in [4.69, 9.17) is 0 Å². The van der Waals surface area contributed by atoms with Crippen molar-refractivity contribution >= 4 is 6.03 Å². The highest BCUT2D eigenvalue weighted by atomic mass is 16.2. The van der Waals surface area contributed by atoms with Crippen molar-refractivity contribution in [2.45, 2.75) is 26.2 Å². The minimum atomic E-state index is 0.188. The largest absolute Gasteiger partial charge is 0.328 e. The summed E-state index contributed by atoms with van der Waals surface area (Å²) in [5.74, 6) is 0. The average molecular weight is 213 g/mol. The summed E-state index contributed by atoms with van der Waals surface area (Å²) in [4.78, 5) is 15.7. The molecule has 1 heterocycles. The Balaban J connectivity index is 2.24. The SMILES string of the molecule is CCCCCN(C)C(=O)N1CCNCC1. The van der Waals surface area contributed by atoms with E-state index >= 15 is 0 Å². The summed E-state index contributed by atoms with van der Waals surface area (Å²) in [5, 5.41) is 3.25. The summed E-state index contributed by atoms with van der Waals surface area (Å²) in [6.07, 6.45) is 3.53. The van der Waals surface area contributed by atoms with Gasteiger partial charge in [-0.3, -0.25) is 0 Å². The number of nitrogens with one attached hydrogen (secondary N) is 1. The molecule has 1 fully saturated rings. The third-order valence-corrected chi connectivity index (χ3v) is 2.81. The number of urea groups is 1. The lowest BCUT2D eigenvalue weighted by Gasteiger charge is -2.31. The van der Waals surface area contributed by atoms with Gasteiger partial charge >= 0.3 is 6.03 Å². The van der Waals surface area contributed by atoms with Gasteiger partial charge in [-0.2, -0.15) is 0 Å². The van der Waals surface area contributed by atoms with Crippen molar-refractivity contribution in [1.29, 1.82) is 0 Å². The molecule has 0 aromatic heterocycles. The standard InChI is InChI=1S/C11H23N3O/c1-3-4-5-8-13(2)11(15)14-9-6-12-7-10-14/h12H,3-10H2,1-2H3. The second-order valence-corrected chi connectivity index (χ2v) is 4.15. The molecule has 0 unspecified atom stereocenters. The van der Waals surface area contributed by atoms with Crippen molar-refractivity contribution in [3.8, 4) is 0 Å². The van der Waals surface area contributed by atoms with Crippen molar-refractivity contribution in [2.75, 3.05) is 39.8 Å². The van der Waals surface area contributed by atoms with Gasteiger partial charge in [0.2, 0.25) is 0 Å². The number of unbranched alkanes of at least 4 members (excludes halogenated alkanes) is 2. The van der Waals surface area contributed by atoms with E-state index in [0.29, 0.717) is 0 Å². The van der Waals surface area contributed by atoms with Crippen LogP contribution >= 0.6 is 0 Å². The summed E-state index contributed by atoms with van der Waals surface area (Å²) in [6.45, 7) is 6.60. The molecule has 0 bridgehead atoms. The van der Waals surface area contributed by atoms with Crippen molar-refractivity contribution in [1.82, 2.24) is 15.1 Å². The molecule has 15 heavy (non-hydrogen) atoms. The molecule has 1 aliphatic rings. The monoisotopic (exact) mass is 213 g/mol. The van der Waals surface area contributed by atoms with Crippen LogP contribution in [-0.2, 0) is 0 Å². The molecule has 1 aliphatic heterocycles. The minimum Gasteiger partial charge on any atom is -0.328 e. The van der Waals surface area contributed by atoms with Gasteiger partial charge in [-0.15, -0.1) is 0 Å². The molecule has 0 aromatic rings. The zero-order valence-electron chi connectivity index (χ0n) is 9.96. The number of hydrogen-bond donors (Lipinski definition) is 1. The van der Waals surface area contributed by atoms with Crippen LogP contribution in [-0.4, -0.2) is 55.6 Å². The summed E-state index contributed by atoms with van der Waals surface area (Å²) in [6, 6.07) is 0.188. The normalized spacial score (nSPS) is 16.5. The first kappa shape index (κ1) is 12.3. The number of rotatable bonds is 4. The van der Waals surface area contributed by atoms with Gasteiger partial charge in [0.15, 0.2) is 0 Å². The van der Waals surface area contributed by atoms with Crippen LogP contribution in [0.3, 0.4) is 0 Å². The molecule has 0 aromatic carbocycles. The van der Waals surface area contributed by atoms with Gasteiger partial charge in [0.1, 0.15) is 0 Å². The van der Waals surface area contributed by atoms with Gasteiger partial charge < -0.3 is 15.1 Å². The molecular formula is C11H23N3O. The van der Waals surface area contributed by atoms with Crippen LogP contribution in [0.2, 0.25) is 0 Å². The summed E-state index contributed by atoms with van der Waals surface area (Å²) >= 11 is 0. The van der Waals surface area contributed by atoms with E-state index in [-0.39, 0.29) is 6.03 Å². The maximum atomic E-state index is 11.9. The smallest absolute Gasteiger partial charge is 0.319 e. The average Bonchev–Trinajstić information content (AvgIpc) is 2.29.